The molecular weight excluding hydrogens is 670 g/mol. The lowest BCUT2D eigenvalue weighted by Crippen LogP contribution is -2.15. The molecule has 1 rings (SSSR count). The van der Waals surface area contributed by atoms with Gasteiger partial charge in [-0.2, -0.15) is 0 Å². The van der Waals surface area contributed by atoms with E-state index in [1.165, 1.54) is 0 Å². The Balaban J connectivity index is 1.69. The summed E-state index contributed by atoms with van der Waals surface area (Å²) in [5, 5.41) is 3.32. The summed E-state index contributed by atoms with van der Waals surface area (Å²) in [6.07, 6.45) is 2.49. The molecule has 1 aromatic rings. The van der Waals surface area contributed by atoms with Crippen LogP contribution in [0.2, 0.25) is 0 Å². The van der Waals surface area contributed by atoms with Gasteiger partial charge in [0, 0.05) is 12.2 Å². The number of ether oxygens (including phenoxy) is 12. The summed E-state index contributed by atoms with van der Waals surface area (Å²) >= 11 is 0. The average Bonchev–Trinajstić information content (AvgIpc) is 3.14. The summed E-state index contributed by atoms with van der Waals surface area (Å²) in [6.45, 7) is 14.4. The van der Waals surface area contributed by atoms with E-state index in [4.69, 9.17) is 56.8 Å². The van der Waals surface area contributed by atoms with Gasteiger partial charge in [-0.1, -0.05) is 13.3 Å². The SMILES string of the molecule is CCCCNc1ccc(C(=O)OCCOCCOCCOCCOCCOCCOCCOCCOCCOCCOCCC(=O)OCC)cc1. The zero-order valence-electron chi connectivity index (χ0n) is 30.9. The van der Waals surface area contributed by atoms with Crippen LogP contribution in [0.4, 0.5) is 5.69 Å². The van der Waals surface area contributed by atoms with Gasteiger partial charge in [0.05, 0.1) is 151 Å². The van der Waals surface area contributed by atoms with Crippen molar-refractivity contribution in [2.75, 3.05) is 157 Å². The maximum Gasteiger partial charge on any atom is 0.338 e. The summed E-state index contributed by atoms with van der Waals surface area (Å²) in [7, 11) is 0. The van der Waals surface area contributed by atoms with Gasteiger partial charge < -0.3 is 62.2 Å². The largest absolute Gasteiger partial charge is 0.466 e. The molecule has 0 aromatic heterocycles. The van der Waals surface area contributed by atoms with Crippen molar-refractivity contribution >= 4 is 17.6 Å². The molecule has 0 saturated heterocycles. The van der Waals surface area contributed by atoms with Crippen molar-refractivity contribution in [3.8, 4) is 0 Å². The fourth-order valence-corrected chi connectivity index (χ4v) is 3.88. The van der Waals surface area contributed by atoms with Crippen LogP contribution in [0.5, 0.6) is 0 Å². The minimum absolute atomic E-state index is 0.186. The molecule has 0 heterocycles. The maximum absolute atomic E-state index is 12.1. The normalized spacial score (nSPS) is 11.2. The van der Waals surface area contributed by atoms with Gasteiger partial charge >= 0.3 is 11.9 Å². The Hall–Kier alpha value is -2.44. The van der Waals surface area contributed by atoms with E-state index < -0.39 is 0 Å². The van der Waals surface area contributed by atoms with Crippen LogP contribution in [0, 0.1) is 0 Å². The second kappa shape index (κ2) is 37.3. The number of carbonyl (C=O) groups excluding carboxylic acids is 2. The third-order valence-electron chi connectivity index (χ3n) is 6.54. The first kappa shape index (κ1) is 46.6. The lowest BCUT2D eigenvalue weighted by Gasteiger charge is -2.09. The molecule has 0 unspecified atom stereocenters. The first-order chi connectivity index (χ1) is 25.2. The van der Waals surface area contributed by atoms with Crippen molar-refractivity contribution in [3.63, 3.8) is 0 Å². The highest BCUT2D eigenvalue weighted by molar-refractivity contribution is 5.89. The van der Waals surface area contributed by atoms with E-state index in [1.54, 1.807) is 19.1 Å². The standard InChI is InChI=1S/C36H63NO14/c1-3-5-11-37-34-8-6-33(7-9-34)36(39)51-32-31-49-30-29-48-28-27-47-26-25-46-24-23-45-22-21-44-20-19-43-18-17-42-16-15-41-14-13-40-12-10-35(38)50-4-2/h6-9,37H,3-5,10-32H2,1-2H3. The highest BCUT2D eigenvalue weighted by atomic mass is 16.6. The van der Waals surface area contributed by atoms with Crippen LogP contribution in [0.25, 0.3) is 0 Å². The number of nitrogens with one attached hydrogen (secondary N) is 1. The topological polar surface area (TPSA) is 157 Å². The molecule has 0 saturated carbocycles. The maximum atomic E-state index is 12.1. The molecule has 0 atom stereocenters. The lowest BCUT2D eigenvalue weighted by atomic mass is 10.2. The molecule has 0 aliphatic heterocycles. The van der Waals surface area contributed by atoms with E-state index in [1.807, 2.05) is 12.1 Å². The zero-order chi connectivity index (χ0) is 36.7. The van der Waals surface area contributed by atoms with Crippen LogP contribution in [0.15, 0.2) is 24.3 Å². The van der Waals surface area contributed by atoms with E-state index in [0.29, 0.717) is 144 Å². The molecule has 0 fully saturated rings. The van der Waals surface area contributed by atoms with Gasteiger partial charge in [-0.25, -0.2) is 4.79 Å². The number of benzene rings is 1. The molecule has 0 bridgehead atoms. The van der Waals surface area contributed by atoms with Gasteiger partial charge in [0.15, 0.2) is 0 Å². The van der Waals surface area contributed by atoms with Crippen LogP contribution in [0.3, 0.4) is 0 Å². The first-order valence-electron chi connectivity index (χ1n) is 18.1. The zero-order valence-corrected chi connectivity index (χ0v) is 30.9. The van der Waals surface area contributed by atoms with E-state index in [2.05, 4.69) is 12.2 Å². The van der Waals surface area contributed by atoms with Crippen molar-refractivity contribution in [1.29, 1.82) is 0 Å². The fraction of sp³-hybridized carbons (Fsp3) is 0.778. The highest BCUT2D eigenvalue weighted by Gasteiger charge is 2.07. The number of rotatable bonds is 39. The molecule has 0 aliphatic rings. The third kappa shape index (κ3) is 32.0. The molecule has 1 N–H and O–H groups in total. The summed E-state index contributed by atoms with van der Waals surface area (Å²) < 4.78 is 64.5. The summed E-state index contributed by atoms with van der Waals surface area (Å²) in [5.74, 6) is -0.620. The molecule has 0 amide bonds. The number of hydrogen-bond donors (Lipinski definition) is 1. The van der Waals surface area contributed by atoms with Crippen molar-refractivity contribution < 1.29 is 66.4 Å². The van der Waals surface area contributed by atoms with Crippen molar-refractivity contribution in [2.45, 2.75) is 33.1 Å². The monoisotopic (exact) mass is 733 g/mol. The third-order valence-corrected chi connectivity index (χ3v) is 6.54. The second-order valence-corrected chi connectivity index (χ2v) is 10.7. The molecule has 0 radical (unpaired) electrons. The smallest absolute Gasteiger partial charge is 0.338 e. The average molecular weight is 734 g/mol. The van der Waals surface area contributed by atoms with E-state index in [0.717, 1.165) is 25.1 Å². The summed E-state index contributed by atoms with van der Waals surface area (Å²) in [5.41, 5.74) is 1.51. The number of esters is 2. The molecule has 0 aliphatic carbocycles. The minimum atomic E-state index is -0.365. The van der Waals surface area contributed by atoms with Gasteiger partial charge in [0.1, 0.15) is 6.61 Å². The molecule has 0 spiro atoms. The Morgan fingerprint density at radius 1 is 0.471 bits per heavy atom. The van der Waals surface area contributed by atoms with Crippen LogP contribution >= 0.6 is 0 Å². The quantitative estimate of drug-likeness (QED) is 0.0777. The molecule has 296 valence electrons. The summed E-state index contributed by atoms with van der Waals surface area (Å²) in [6, 6.07) is 7.28. The number of anilines is 1. The lowest BCUT2D eigenvalue weighted by molar-refractivity contribution is -0.144. The Labute approximate surface area is 304 Å². The van der Waals surface area contributed by atoms with Gasteiger partial charge in [-0.15, -0.1) is 0 Å². The fourth-order valence-electron chi connectivity index (χ4n) is 3.88. The number of hydrogen-bond acceptors (Lipinski definition) is 15. The van der Waals surface area contributed by atoms with E-state index >= 15 is 0 Å². The summed E-state index contributed by atoms with van der Waals surface area (Å²) in [4.78, 5) is 23.3. The number of unbranched alkanes of at least 4 members (excludes halogenated alkanes) is 1. The predicted octanol–water partition coefficient (Wildman–Crippen LogP) is 3.17. The van der Waals surface area contributed by atoms with Crippen molar-refractivity contribution in [1.82, 2.24) is 0 Å². The molecule has 15 nitrogen and oxygen atoms in total. The van der Waals surface area contributed by atoms with Gasteiger partial charge in [-0.3, -0.25) is 4.79 Å². The Bertz CT molecular complexity index is 908. The predicted molar refractivity (Wildman–Crippen MR) is 190 cm³/mol. The second-order valence-electron chi connectivity index (χ2n) is 10.7. The molecular formula is C36H63NO14. The number of carbonyl (C=O) groups is 2. The van der Waals surface area contributed by atoms with Crippen molar-refractivity contribution in [2.24, 2.45) is 0 Å². The van der Waals surface area contributed by atoms with Crippen LogP contribution < -0.4 is 5.32 Å². The van der Waals surface area contributed by atoms with Crippen LogP contribution in [-0.2, 0) is 61.6 Å². The van der Waals surface area contributed by atoms with Gasteiger partial charge in [-0.05, 0) is 37.6 Å². The van der Waals surface area contributed by atoms with Crippen LogP contribution in [-0.4, -0.2) is 164 Å². The van der Waals surface area contributed by atoms with Gasteiger partial charge in [0.2, 0.25) is 0 Å². The Morgan fingerprint density at radius 2 is 0.824 bits per heavy atom. The molecule has 51 heavy (non-hydrogen) atoms. The Kier molecular flexibility index (Phi) is 34.1. The first-order valence-corrected chi connectivity index (χ1v) is 18.1. The van der Waals surface area contributed by atoms with Crippen LogP contribution in [0.1, 0.15) is 43.5 Å². The Morgan fingerprint density at radius 3 is 1.18 bits per heavy atom. The van der Waals surface area contributed by atoms with Crippen molar-refractivity contribution in [3.05, 3.63) is 29.8 Å². The molecule has 1 aromatic carbocycles. The van der Waals surface area contributed by atoms with Gasteiger partial charge in [0.25, 0.3) is 0 Å². The highest BCUT2D eigenvalue weighted by Crippen LogP contribution is 2.11. The minimum Gasteiger partial charge on any atom is -0.466 e. The molecule has 15 heteroatoms. The van der Waals surface area contributed by atoms with E-state index in [9.17, 15) is 9.59 Å². The van der Waals surface area contributed by atoms with E-state index in [-0.39, 0.29) is 25.0 Å².